The molecule has 0 spiro atoms. The van der Waals surface area contributed by atoms with E-state index in [0.29, 0.717) is 18.8 Å². The van der Waals surface area contributed by atoms with Gasteiger partial charge >= 0.3 is 5.97 Å². The average molecular weight is 255 g/mol. The molecule has 0 atom stereocenters. The number of aromatic carboxylic acids is 1. The van der Waals surface area contributed by atoms with Crippen LogP contribution in [0, 0.1) is 5.82 Å². The van der Waals surface area contributed by atoms with Crippen LogP contribution in [0.4, 0.5) is 10.1 Å². The number of hydrogen-bond acceptors (Lipinski definition) is 3. The minimum absolute atomic E-state index is 0.0515. The van der Waals surface area contributed by atoms with Crippen molar-refractivity contribution in [3.05, 3.63) is 29.6 Å². The Morgan fingerprint density at radius 2 is 2.22 bits per heavy atom. The fraction of sp³-hybridized carbons (Fsp3) is 0.462. The maximum absolute atomic E-state index is 13.5. The van der Waals surface area contributed by atoms with Crippen LogP contribution < -0.4 is 5.32 Å². The first kappa shape index (κ1) is 14.4. The molecule has 100 valence electrons. The Kier molecular flexibility index (Phi) is 6.14. The molecule has 0 saturated heterocycles. The molecular weight excluding hydrogens is 237 g/mol. The number of rotatable bonds is 8. The number of carbonyl (C=O) groups is 1. The lowest BCUT2D eigenvalue weighted by Crippen LogP contribution is -2.08. The summed E-state index contributed by atoms with van der Waals surface area (Å²) in [6.45, 7) is 4.00. The number of carboxylic acid groups (broad SMARTS) is 1. The Hall–Kier alpha value is -1.62. The van der Waals surface area contributed by atoms with Crippen LogP contribution in [0.1, 0.15) is 30.1 Å². The molecule has 0 aliphatic heterocycles. The molecule has 1 aromatic carbocycles. The van der Waals surface area contributed by atoms with Crippen molar-refractivity contribution in [3.63, 3.8) is 0 Å². The molecule has 4 nitrogen and oxygen atoms in total. The van der Waals surface area contributed by atoms with Crippen molar-refractivity contribution in [1.82, 2.24) is 0 Å². The van der Waals surface area contributed by atoms with Crippen molar-refractivity contribution >= 4 is 11.7 Å². The van der Waals surface area contributed by atoms with E-state index in [1.54, 1.807) is 0 Å². The van der Waals surface area contributed by atoms with Crippen molar-refractivity contribution in [2.24, 2.45) is 0 Å². The smallest absolute Gasteiger partial charge is 0.335 e. The van der Waals surface area contributed by atoms with E-state index in [2.05, 4.69) is 5.32 Å². The molecule has 0 aliphatic carbocycles. The van der Waals surface area contributed by atoms with Crippen molar-refractivity contribution < 1.29 is 19.0 Å². The molecule has 0 radical (unpaired) electrons. The number of anilines is 1. The van der Waals surface area contributed by atoms with Crippen molar-refractivity contribution in [1.29, 1.82) is 0 Å². The van der Waals surface area contributed by atoms with Gasteiger partial charge < -0.3 is 15.2 Å². The predicted octanol–water partition coefficient (Wildman–Crippen LogP) is 2.75. The molecule has 0 bridgehead atoms. The molecule has 0 amide bonds. The molecule has 0 aliphatic rings. The van der Waals surface area contributed by atoms with Gasteiger partial charge in [-0.05, 0) is 31.0 Å². The summed E-state index contributed by atoms with van der Waals surface area (Å²) in [4.78, 5) is 10.6. The van der Waals surface area contributed by atoms with E-state index in [0.717, 1.165) is 25.5 Å². The van der Waals surface area contributed by atoms with Crippen LogP contribution in [0.25, 0.3) is 0 Å². The topological polar surface area (TPSA) is 58.6 Å². The predicted molar refractivity (Wildman–Crippen MR) is 67.6 cm³/mol. The van der Waals surface area contributed by atoms with E-state index in [1.807, 2.05) is 6.92 Å². The number of carboxylic acids is 1. The van der Waals surface area contributed by atoms with E-state index >= 15 is 0 Å². The van der Waals surface area contributed by atoms with Gasteiger partial charge in [0.15, 0.2) is 0 Å². The van der Waals surface area contributed by atoms with E-state index in [9.17, 15) is 9.18 Å². The Morgan fingerprint density at radius 1 is 1.44 bits per heavy atom. The van der Waals surface area contributed by atoms with E-state index in [4.69, 9.17) is 9.84 Å². The Labute approximate surface area is 106 Å². The highest BCUT2D eigenvalue weighted by Gasteiger charge is 2.07. The average Bonchev–Trinajstić information content (AvgIpc) is 2.35. The first-order valence-electron chi connectivity index (χ1n) is 5.99. The molecule has 2 N–H and O–H groups in total. The highest BCUT2D eigenvalue weighted by atomic mass is 19.1. The summed E-state index contributed by atoms with van der Waals surface area (Å²) >= 11 is 0. The van der Waals surface area contributed by atoms with Gasteiger partial charge in [0.05, 0.1) is 11.3 Å². The Bertz CT molecular complexity index is 396. The monoisotopic (exact) mass is 255 g/mol. The quantitative estimate of drug-likeness (QED) is 0.701. The zero-order valence-electron chi connectivity index (χ0n) is 10.4. The molecule has 0 saturated carbocycles. The van der Waals surface area contributed by atoms with Gasteiger partial charge in [-0.2, -0.15) is 0 Å². The van der Waals surface area contributed by atoms with Crippen molar-refractivity contribution in [3.8, 4) is 0 Å². The third-order valence-corrected chi connectivity index (χ3v) is 2.35. The molecular formula is C13H18FNO3. The lowest BCUT2D eigenvalue weighted by molar-refractivity contribution is 0.0696. The molecule has 0 unspecified atom stereocenters. The first-order chi connectivity index (χ1) is 8.65. The molecule has 0 heterocycles. The summed E-state index contributed by atoms with van der Waals surface area (Å²) < 4.78 is 18.8. The van der Waals surface area contributed by atoms with Gasteiger partial charge in [0.1, 0.15) is 5.82 Å². The van der Waals surface area contributed by atoms with Crippen LogP contribution in [0.15, 0.2) is 18.2 Å². The summed E-state index contributed by atoms with van der Waals surface area (Å²) in [5.41, 5.74) is 0.264. The number of ether oxygens (including phenoxy) is 1. The van der Waals surface area contributed by atoms with Gasteiger partial charge in [-0.15, -0.1) is 0 Å². The van der Waals surface area contributed by atoms with Gasteiger partial charge in [-0.3, -0.25) is 0 Å². The van der Waals surface area contributed by atoms with Crippen LogP contribution in [0.3, 0.4) is 0 Å². The second-order valence-corrected chi connectivity index (χ2v) is 3.89. The van der Waals surface area contributed by atoms with Crippen molar-refractivity contribution in [2.75, 3.05) is 25.1 Å². The number of hydrogen-bond donors (Lipinski definition) is 2. The molecule has 1 rings (SSSR count). The maximum atomic E-state index is 13.5. The third kappa shape index (κ3) is 4.71. The maximum Gasteiger partial charge on any atom is 0.335 e. The lowest BCUT2D eigenvalue weighted by atomic mass is 10.2. The summed E-state index contributed by atoms with van der Waals surface area (Å²) in [5, 5.41) is 11.6. The van der Waals surface area contributed by atoms with Gasteiger partial charge in [-0.25, -0.2) is 9.18 Å². The summed E-state index contributed by atoms with van der Waals surface area (Å²) in [5.74, 6) is -1.68. The molecule has 5 heteroatoms. The minimum atomic E-state index is -1.13. The van der Waals surface area contributed by atoms with Crippen LogP contribution in [0.2, 0.25) is 0 Å². The number of halogens is 1. The lowest BCUT2D eigenvalue weighted by Gasteiger charge is -2.08. The molecule has 0 fully saturated rings. The van der Waals surface area contributed by atoms with Gasteiger partial charge in [0.25, 0.3) is 0 Å². The van der Waals surface area contributed by atoms with Crippen LogP contribution in [0.5, 0.6) is 0 Å². The zero-order chi connectivity index (χ0) is 13.4. The normalized spacial score (nSPS) is 10.3. The van der Waals surface area contributed by atoms with Crippen LogP contribution in [-0.2, 0) is 4.74 Å². The molecule has 18 heavy (non-hydrogen) atoms. The Balaban J connectivity index is 2.36. The third-order valence-electron chi connectivity index (χ3n) is 2.35. The van der Waals surface area contributed by atoms with E-state index in [1.165, 1.54) is 12.1 Å². The second kappa shape index (κ2) is 7.66. The highest BCUT2D eigenvalue weighted by Crippen LogP contribution is 2.15. The van der Waals surface area contributed by atoms with Crippen molar-refractivity contribution in [2.45, 2.75) is 19.8 Å². The second-order valence-electron chi connectivity index (χ2n) is 3.89. The van der Waals surface area contributed by atoms with Gasteiger partial charge in [0.2, 0.25) is 0 Å². The summed E-state index contributed by atoms with van der Waals surface area (Å²) in [6.07, 6.45) is 1.76. The standard InChI is InChI=1S/C13H18FNO3/c1-2-7-18-8-3-6-15-12-5-4-10(13(16)17)9-11(12)14/h4-5,9,15H,2-3,6-8H2,1H3,(H,16,17). The van der Waals surface area contributed by atoms with Crippen LogP contribution in [-0.4, -0.2) is 30.8 Å². The summed E-state index contributed by atoms with van der Waals surface area (Å²) in [7, 11) is 0. The number of benzene rings is 1. The minimum Gasteiger partial charge on any atom is -0.478 e. The molecule has 0 aromatic heterocycles. The van der Waals surface area contributed by atoms with Crippen LogP contribution >= 0.6 is 0 Å². The van der Waals surface area contributed by atoms with E-state index < -0.39 is 11.8 Å². The van der Waals surface area contributed by atoms with E-state index in [-0.39, 0.29) is 5.56 Å². The zero-order valence-corrected chi connectivity index (χ0v) is 10.4. The SMILES string of the molecule is CCCOCCCNc1ccc(C(=O)O)cc1F. The molecule has 1 aromatic rings. The number of nitrogens with one attached hydrogen (secondary N) is 1. The fourth-order valence-electron chi connectivity index (χ4n) is 1.44. The first-order valence-corrected chi connectivity index (χ1v) is 5.99. The Morgan fingerprint density at radius 3 is 2.83 bits per heavy atom. The summed E-state index contributed by atoms with van der Waals surface area (Å²) in [6, 6.07) is 3.82. The largest absolute Gasteiger partial charge is 0.478 e. The van der Waals surface area contributed by atoms with Gasteiger partial charge in [-0.1, -0.05) is 6.92 Å². The fourth-order valence-corrected chi connectivity index (χ4v) is 1.44. The highest BCUT2D eigenvalue weighted by molar-refractivity contribution is 5.88. The van der Waals surface area contributed by atoms with Gasteiger partial charge in [0, 0.05) is 19.8 Å².